The Kier molecular flexibility index (Phi) is 2.87. The smallest absolute Gasteiger partial charge is 0.0538 e. The van der Waals surface area contributed by atoms with Gasteiger partial charge in [0, 0.05) is 23.3 Å². The zero-order chi connectivity index (χ0) is 9.97. The van der Waals surface area contributed by atoms with Crippen molar-refractivity contribution in [1.82, 2.24) is 15.5 Å². The van der Waals surface area contributed by atoms with E-state index in [0.717, 1.165) is 6.42 Å². The summed E-state index contributed by atoms with van der Waals surface area (Å²) in [6.45, 7) is 4.46. The van der Waals surface area contributed by atoms with E-state index in [2.05, 4.69) is 29.4 Å². The number of rotatable bonds is 3. The van der Waals surface area contributed by atoms with Crippen molar-refractivity contribution in [2.24, 2.45) is 0 Å². The second kappa shape index (κ2) is 4.13. The molecule has 3 heteroatoms. The van der Waals surface area contributed by atoms with Gasteiger partial charge in [-0.05, 0) is 32.6 Å². The second-order valence-electron chi connectivity index (χ2n) is 4.22. The lowest BCUT2D eigenvalue weighted by atomic mass is 9.92. The van der Waals surface area contributed by atoms with Gasteiger partial charge in [-0.3, -0.25) is 5.10 Å². The van der Waals surface area contributed by atoms with Gasteiger partial charge in [0.1, 0.15) is 0 Å². The number of aryl methyl sites for hydroxylation is 1. The number of hydrogen-bond donors (Lipinski definition) is 2. The molecule has 0 spiro atoms. The van der Waals surface area contributed by atoms with Crippen LogP contribution in [0.2, 0.25) is 0 Å². The summed E-state index contributed by atoms with van der Waals surface area (Å²) >= 11 is 0. The van der Waals surface area contributed by atoms with Gasteiger partial charge in [-0.1, -0.05) is 6.92 Å². The molecule has 1 aliphatic rings. The predicted molar refractivity (Wildman–Crippen MR) is 57.2 cm³/mol. The summed E-state index contributed by atoms with van der Waals surface area (Å²) in [6.07, 6.45) is 6.84. The number of fused-ring (bicyclic) bond motifs is 1. The summed E-state index contributed by atoms with van der Waals surface area (Å²) in [6, 6.07) is 1.12. The van der Waals surface area contributed by atoms with Crippen LogP contribution in [0, 0.1) is 0 Å². The summed E-state index contributed by atoms with van der Waals surface area (Å²) in [5, 5.41) is 10.9. The lowest BCUT2D eigenvalue weighted by Crippen LogP contribution is -2.31. The molecule has 0 aromatic carbocycles. The number of aromatic amines is 1. The normalized spacial score (nSPS) is 23.1. The van der Waals surface area contributed by atoms with Crippen LogP contribution in [0.25, 0.3) is 0 Å². The van der Waals surface area contributed by atoms with Gasteiger partial charge in [-0.15, -0.1) is 0 Å². The Morgan fingerprint density at radius 3 is 3.36 bits per heavy atom. The molecule has 14 heavy (non-hydrogen) atoms. The fraction of sp³-hybridized carbons (Fsp3) is 0.727. The van der Waals surface area contributed by atoms with Crippen LogP contribution in [0.3, 0.4) is 0 Å². The van der Waals surface area contributed by atoms with Gasteiger partial charge < -0.3 is 5.32 Å². The maximum atomic E-state index is 4.12. The molecular formula is C11H19N3. The van der Waals surface area contributed by atoms with E-state index in [1.54, 1.807) is 0 Å². The molecule has 0 saturated carbocycles. The Morgan fingerprint density at radius 2 is 2.57 bits per heavy atom. The van der Waals surface area contributed by atoms with Gasteiger partial charge in [-0.2, -0.15) is 5.10 Å². The lowest BCUT2D eigenvalue weighted by Gasteiger charge is -2.26. The van der Waals surface area contributed by atoms with Crippen molar-refractivity contribution in [3.63, 3.8) is 0 Å². The van der Waals surface area contributed by atoms with E-state index >= 15 is 0 Å². The van der Waals surface area contributed by atoms with Gasteiger partial charge in [0.25, 0.3) is 0 Å². The van der Waals surface area contributed by atoms with Crippen molar-refractivity contribution >= 4 is 0 Å². The van der Waals surface area contributed by atoms with E-state index in [9.17, 15) is 0 Å². The molecule has 0 radical (unpaired) electrons. The Bertz CT molecular complexity index is 292. The summed E-state index contributed by atoms with van der Waals surface area (Å²) in [5.41, 5.74) is 2.72. The van der Waals surface area contributed by atoms with Crippen molar-refractivity contribution in [2.45, 2.75) is 51.6 Å². The van der Waals surface area contributed by atoms with Crippen molar-refractivity contribution in [3.05, 3.63) is 17.5 Å². The number of nitrogens with zero attached hydrogens (tertiary/aromatic N) is 1. The van der Waals surface area contributed by atoms with Crippen molar-refractivity contribution < 1.29 is 0 Å². The minimum absolute atomic E-state index is 0.521. The number of aromatic nitrogens is 2. The first-order valence-corrected chi connectivity index (χ1v) is 5.59. The number of H-pyrrole nitrogens is 1. The SMILES string of the molecule is CCC(C)NC1CCCc2[nH]ncc21. The highest BCUT2D eigenvalue weighted by atomic mass is 15.1. The molecule has 2 unspecified atom stereocenters. The van der Waals surface area contributed by atoms with Crippen LogP contribution in [0.4, 0.5) is 0 Å². The number of nitrogens with one attached hydrogen (secondary N) is 2. The van der Waals surface area contributed by atoms with E-state index in [1.807, 2.05) is 6.20 Å². The highest BCUT2D eigenvalue weighted by molar-refractivity contribution is 5.23. The third-order valence-electron chi connectivity index (χ3n) is 3.14. The molecule has 0 amide bonds. The average Bonchev–Trinajstić information content (AvgIpc) is 2.66. The van der Waals surface area contributed by atoms with Crippen LogP contribution < -0.4 is 5.32 Å². The van der Waals surface area contributed by atoms with Crippen LogP contribution >= 0.6 is 0 Å². The van der Waals surface area contributed by atoms with E-state index < -0.39 is 0 Å². The minimum Gasteiger partial charge on any atom is -0.307 e. The highest BCUT2D eigenvalue weighted by Gasteiger charge is 2.22. The third-order valence-corrected chi connectivity index (χ3v) is 3.14. The quantitative estimate of drug-likeness (QED) is 0.772. The van der Waals surface area contributed by atoms with Crippen molar-refractivity contribution in [1.29, 1.82) is 0 Å². The molecule has 0 fully saturated rings. The van der Waals surface area contributed by atoms with Gasteiger partial charge in [0.2, 0.25) is 0 Å². The molecule has 0 aliphatic heterocycles. The second-order valence-corrected chi connectivity index (χ2v) is 4.22. The van der Waals surface area contributed by atoms with Crippen LogP contribution in [0.15, 0.2) is 6.20 Å². The maximum absolute atomic E-state index is 4.12. The molecule has 0 bridgehead atoms. The zero-order valence-corrected chi connectivity index (χ0v) is 9.01. The van der Waals surface area contributed by atoms with E-state index in [-0.39, 0.29) is 0 Å². The summed E-state index contributed by atoms with van der Waals surface area (Å²) < 4.78 is 0. The predicted octanol–water partition coefficient (Wildman–Crippen LogP) is 2.18. The lowest BCUT2D eigenvalue weighted by molar-refractivity contribution is 0.402. The minimum atomic E-state index is 0.521. The van der Waals surface area contributed by atoms with Crippen molar-refractivity contribution in [2.75, 3.05) is 0 Å². The standard InChI is InChI=1S/C11H19N3/c1-3-8(2)13-10-5-4-6-11-9(10)7-12-14-11/h7-8,10,13H,3-6H2,1-2H3,(H,12,14). The first kappa shape index (κ1) is 9.71. The fourth-order valence-electron chi connectivity index (χ4n) is 2.10. The third kappa shape index (κ3) is 1.82. The molecule has 2 atom stereocenters. The zero-order valence-electron chi connectivity index (χ0n) is 9.01. The van der Waals surface area contributed by atoms with Crippen LogP contribution in [0.5, 0.6) is 0 Å². The molecule has 3 nitrogen and oxygen atoms in total. The highest BCUT2D eigenvalue weighted by Crippen LogP contribution is 2.28. The van der Waals surface area contributed by atoms with E-state index in [1.165, 1.54) is 30.5 Å². The van der Waals surface area contributed by atoms with Gasteiger partial charge >= 0.3 is 0 Å². The van der Waals surface area contributed by atoms with E-state index in [0.29, 0.717) is 12.1 Å². The number of hydrogen-bond acceptors (Lipinski definition) is 2. The van der Waals surface area contributed by atoms with E-state index in [4.69, 9.17) is 0 Å². The molecule has 1 aliphatic carbocycles. The average molecular weight is 193 g/mol. The molecule has 2 rings (SSSR count). The largest absolute Gasteiger partial charge is 0.307 e. The van der Waals surface area contributed by atoms with Crippen LogP contribution in [0.1, 0.15) is 50.4 Å². The summed E-state index contributed by atoms with van der Waals surface area (Å²) in [5.74, 6) is 0. The summed E-state index contributed by atoms with van der Waals surface area (Å²) in [7, 11) is 0. The fourth-order valence-corrected chi connectivity index (χ4v) is 2.10. The van der Waals surface area contributed by atoms with Crippen LogP contribution in [-0.4, -0.2) is 16.2 Å². The molecule has 1 aromatic heterocycles. The molecule has 1 aromatic rings. The first-order chi connectivity index (χ1) is 6.81. The van der Waals surface area contributed by atoms with Gasteiger partial charge in [0.05, 0.1) is 6.20 Å². The summed E-state index contributed by atoms with van der Waals surface area (Å²) in [4.78, 5) is 0. The van der Waals surface area contributed by atoms with Crippen LogP contribution in [-0.2, 0) is 6.42 Å². The Hall–Kier alpha value is -0.830. The molecule has 78 valence electrons. The Balaban J connectivity index is 2.08. The molecule has 2 N–H and O–H groups in total. The Labute approximate surface area is 85.3 Å². The Morgan fingerprint density at radius 1 is 1.71 bits per heavy atom. The monoisotopic (exact) mass is 193 g/mol. The first-order valence-electron chi connectivity index (χ1n) is 5.59. The molecule has 0 saturated heterocycles. The maximum Gasteiger partial charge on any atom is 0.0538 e. The molecular weight excluding hydrogens is 174 g/mol. The van der Waals surface area contributed by atoms with Crippen molar-refractivity contribution in [3.8, 4) is 0 Å². The van der Waals surface area contributed by atoms with Gasteiger partial charge in [0.15, 0.2) is 0 Å². The van der Waals surface area contributed by atoms with Gasteiger partial charge in [-0.25, -0.2) is 0 Å². The molecule has 1 heterocycles. The topological polar surface area (TPSA) is 40.7 Å².